The van der Waals surface area contributed by atoms with E-state index in [0.29, 0.717) is 24.2 Å². The molecule has 0 radical (unpaired) electrons. The summed E-state index contributed by atoms with van der Waals surface area (Å²) >= 11 is 0. The Morgan fingerprint density at radius 3 is 2.07 bits per heavy atom. The molecule has 1 saturated carbocycles. The summed E-state index contributed by atoms with van der Waals surface area (Å²) in [5.41, 5.74) is 0.885. The standard InChI is InChI=1S/C20H22N2O5S/c23-19(17-8-4-5-9-18(17)20(24)25)21-14-10-12-16(13-11-14)28(26,27)22-15-6-2-1-3-7-15/h1-3,6-7,10-13,17-18,22H,4-5,8-9H2,(H,21,23)(H,24,25)/t17-,18+/m1/s1. The molecule has 2 aromatic carbocycles. The molecular weight excluding hydrogens is 380 g/mol. The lowest BCUT2D eigenvalue weighted by Crippen LogP contribution is -2.36. The van der Waals surface area contributed by atoms with Crippen LogP contribution in [0.2, 0.25) is 0 Å². The Kier molecular flexibility index (Phi) is 5.99. The predicted molar refractivity (Wildman–Crippen MR) is 105 cm³/mol. The van der Waals surface area contributed by atoms with E-state index in [1.54, 1.807) is 30.3 Å². The summed E-state index contributed by atoms with van der Waals surface area (Å²) in [5, 5.41) is 12.0. The number of aliphatic carboxylic acids is 1. The van der Waals surface area contributed by atoms with Crippen LogP contribution in [0.25, 0.3) is 0 Å². The predicted octanol–water partition coefficient (Wildman–Crippen LogP) is 3.32. The molecular formula is C20H22N2O5S. The molecule has 148 valence electrons. The van der Waals surface area contributed by atoms with Gasteiger partial charge in [0.15, 0.2) is 0 Å². The Hall–Kier alpha value is -2.87. The van der Waals surface area contributed by atoms with E-state index in [4.69, 9.17) is 0 Å². The monoisotopic (exact) mass is 402 g/mol. The first kappa shape index (κ1) is 19.9. The Morgan fingerprint density at radius 1 is 0.857 bits per heavy atom. The number of carbonyl (C=O) groups excluding carboxylic acids is 1. The van der Waals surface area contributed by atoms with E-state index in [-0.39, 0.29) is 10.8 Å². The maximum Gasteiger partial charge on any atom is 0.307 e. The number of carboxylic acid groups (broad SMARTS) is 1. The van der Waals surface area contributed by atoms with Gasteiger partial charge in [-0.05, 0) is 49.2 Å². The molecule has 0 aromatic heterocycles. The van der Waals surface area contributed by atoms with Crippen molar-refractivity contribution < 1.29 is 23.1 Å². The first-order chi connectivity index (χ1) is 13.4. The highest BCUT2D eigenvalue weighted by Gasteiger charge is 2.35. The topological polar surface area (TPSA) is 113 Å². The number of benzene rings is 2. The molecule has 2 atom stereocenters. The van der Waals surface area contributed by atoms with Gasteiger partial charge < -0.3 is 10.4 Å². The number of nitrogens with one attached hydrogen (secondary N) is 2. The summed E-state index contributed by atoms with van der Waals surface area (Å²) in [6.45, 7) is 0. The first-order valence-electron chi connectivity index (χ1n) is 9.08. The number of carbonyl (C=O) groups is 2. The van der Waals surface area contributed by atoms with Crippen molar-refractivity contribution in [2.75, 3.05) is 10.0 Å². The van der Waals surface area contributed by atoms with Crippen LogP contribution in [0, 0.1) is 11.8 Å². The van der Waals surface area contributed by atoms with Crippen molar-refractivity contribution in [3.63, 3.8) is 0 Å². The maximum absolute atomic E-state index is 12.5. The van der Waals surface area contributed by atoms with Gasteiger partial charge in [0.25, 0.3) is 10.0 Å². The Morgan fingerprint density at radius 2 is 1.46 bits per heavy atom. The minimum atomic E-state index is -3.74. The van der Waals surface area contributed by atoms with E-state index in [9.17, 15) is 23.1 Å². The van der Waals surface area contributed by atoms with E-state index < -0.39 is 27.8 Å². The second-order valence-corrected chi connectivity index (χ2v) is 8.50. The average molecular weight is 402 g/mol. The van der Waals surface area contributed by atoms with E-state index >= 15 is 0 Å². The number of carboxylic acids is 1. The van der Waals surface area contributed by atoms with E-state index in [0.717, 1.165) is 12.8 Å². The second kappa shape index (κ2) is 8.43. The highest BCUT2D eigenvalue weighted by Crippen LogP contribution is 2.31. The molecule has 0 aliphatic heterocycles. The minimum Gasteiger partial charge on any atom is -0.481 e. The van der Waals surface area contributed by atoms with Crippen LogP contribution in [0.15, 0.2) is 59.5 Å². The number of para-hydroxylation sites is 1. The molecule has 0 unspecified atom stereocenters. The summed E-state index contributed by atoms with van der Waals surface area (Å²) in [6.07, 6.45) is 2.66. The number of rotatable bonds is 6. The summed E-state index contributed by atoms with van der Waals surface area (Å²) in [4.78, 5) is 23.9. The third-order valence-corrected chi connectivity index (χ3v) is 6.28. The molecule has 28 heavy (non-hydrogen) atoms. The summed E-state index contributed by atoms with van der Waals surface area (Å²) < 4.78 is 27.4. The molecule has 1 aliphatic rings. The molecule has 3 N–H and O–H groups in total. The molecule has 1 amide bonds. The van der Waals surface area contributed by atoms with Crippen LogP contribution in [0.5, 0.6) is 0 Å². The fourth-order valence-electron chi connectivity index (χ4n) is 3.41. The largest absolute Gasteiger partial charge is 0.481 e. The van der Waals surface area contributed by atoms with E-state index in [1.165, 1.54) is 24.3 Å². The second-order valence-electron chi connectivity index (χ2n) is 6.82. The van der Waals surface area contributed by atoms with Crippen molar-refractivity contribution in [2.45, 2.75) is 30.6 Å². The zero-order chi connectivity index (χ0) is 20.1. The molecule has 1 fully saturated rings. The Labute approximate surface area is 163 Å². The van der Waals surface area contributed by atoms with Gasteiger partial charge >= 0.3 is 5.97 Å². The van der Waals surface area contributed by atoms with Crippen LogP contribution in [0.1, 0.15) is 25.7 Å². The van der Waals surface area contributed by atoms with Crippen LogP contribution in [0.4, 0.5) is 11.4 Å². The fourth-order valence-corrected chi connectivity index (χ4v) is 4.47. The molecule has 3 rings (SSSR count). The minimum absolute atomic E-state index is 0.0652. The lowest BCUT2D eigenvalue weighted by atomic mass is 9.78. The van der Waals surface area contributed by atoms with Crippen LogP contribution in [0.3, 0.4) is 0 Å². The van der Waals surface area contributed by atoms with Crippen molar-refractivity contribution in [1.29, 1.82) is 0 Å². The number of hydrogen-bond acceptors (Lipinski definition) is 4. The van der Waals surface area contributed by atoms with E-state index in [2.05, 4.69) is 10.0 Å². The van der Waals surface area contributed by atoms with E-state index in [1.807, 2.05) is 0 Å². The maximum atomic E-state index is 12.5. The summed E-state index contributed by atoms with van der Waals surface area (Å²) in [5.74, 6) is -2.55. The fraction of sp³-hybridized carbons (Fsp3) is 0.300. The smallest absolute Gasteiger partial charge is 0.307 e. The Bertz CT molecular complexity index is 942. The van der Waals surface area contributed by atoms with Crippen molar-refractivity contribution in [1.82, 2.24) is 0 Å². The normalized spacial score (nSPS) is 19.6. The molecule has 0 spiro atoms. The zero-order valence-electron chi connectivity index (χ0n) is 15.2. The van der Waals surface area contributed by atoms with Gasteiger partial charge in [-0.15, -0.1) is 0 Å². The lowest BCUT2D eigenvalue weighted by molar-refractivity contribution is -0.147. The van der Waals surface area contributed by atoms with Gasteiger partial charge in [-0.25, -0.2) is 8.42 Å². The third-order valence-electron chi connectivity index (χ3n) is 4.88. The molecule has 0 bridgehead atoms. The average Bonchev–Trinajstić information content (AvgIpc) is 2.69. The molecule has 2 aromatic rings. The lowest BCUT2D eigenvalue weighted by Gasteiger charge is -2.27. The third kappa shape index (κ3) is 4.69. The summed E-state index contributed by atoms with van der Waals surface area (Å²) in [7, 11) is -3.74. The van der Waals surface area contributed by atoms with Gasteiger partial charge in [-0.3, -0.25) is 14.3 Å². The van der Waals surface area contributed by atoms with Crippen LogP contribution in [-0.2, 0) is 19.6 Å². The quantitative estimate of drug-likeness (QED) is 0.686. The molecule has 0 heterocycles. The van der Waals surface area contributed by atoms with Gasteiger partial charge in [-0.1, -0.05) is 31.0 Å². The highest BCUT2D eigenvalue weighted by atomic mass is 32.2. The number of amides is 1. The number of sulfonamides is 1. The van der Waals surface area contributed by atoms with Gasteiger partial charge in [-0.2, -0.15) is 0 Å². The summed E-state index contributed by atoms with van der Waals surface area (Å²) in [6, 6.07) is 14.3. The number of anilines is 2. The van der Waals surface area contributed by atoms with Gasteiger partial charge in [0.1, 0.15) is 0 Å². The van der Waals surface area contributed by atoms with Gasteiger partial charge in [0, 0.05) is 11.4 Å². The molecule has 1 aliphatic carbocycles. The van der Waals surface area contributed by atoms with Gasteiger partial charge in [0.2, 0.25) is 5.91 Å². The zero-order valence-corrected chi connectivity index (χ0v) is 16.0. The molecule has 8 heteroatoms. The van der Waals surface area contributed by atoms with Gasteiger partial charge in [0.05, 0.1) is 16.7 Å². The van der Waals surface area contributed by atoms with Crippen molar-refractivity contribution in [2.24, 2.45) is 11.8 Å². The van der Waals surface area contributed by atoms with Crippen molar-refractivity contribution in [3.8, 4) is 0 Å². The SMILES string of the molecule is O=C(O)[C@H]1CCCC[C@H]1C(=O)Nc1ccc(S(=O)(=O)Nc2ccccc2)cc1. The molecule has 7 nitrogen and oxygen atoms in total. The van der Waals surface area contributed by atoms with Crippen LogP contribution < -0.4 is 10.0 Å². The number of hydrogen-bond donors (Lipinski definition) is 3. The Balaban J connectivity index is 1.68. The highest BCUT2D eigenvalue weighted by molar-refractivity contribution is 7.92. The van der Waals surface area contributed by atoms with Crippen molar-refractivity contribution in [3.05, 3.63) is 54.6 Å². The van der Waals surface area contributed by atoms with Crippen LogP contribution in [-0.4, -0.2) is 25.4 Å². The van der Waals surface area contributed by atoms with Crippen molar-refractivity contribution >= 4 is 33.3 Å². The van der Waals surface area contributed by atoms with Crippen LogP contribution >= 0.6 is 0 Å². The first-order valence-corrected chi connectivity index (χ1v) is 10.6. The molecule has 0 saturated heterocycles.